The smallest absolute Gasteiger partial charge is 0.130 e. The van der Waals surface area contributed by atoms with Gasteiger partial charge in [-0.2, -0.15) is 0 Å². The maximum atomic E-state index is 13.4. The molecule has 0 radical (unpaired) electrons. The third kappa shape index (κ3) is 3.26. The Morgan fingerprint density at radius 2 is 1.93 bits per heavy atom. The zero-order valence-corrected chi connectivity index (χ0v) is 10.6. The monoisotopic (exact) mass is 276 g/mol. The minimum absolute atomic E-state index is 0.0169. The fourth-order valence-electron chi connectivity index (χ4n) is 1.46. The molecule has 3 heteroatoms. The molecule has 1 rings (SSSR count). The van der Waals surface area contributed by atoms with Gasteiger partial charge in [0.1, 0.15) is 11.6 Å². The van der Waals surface area contributed by atoms with Crippen molar-refractivity contribution in [1.82, 2.24) is 0 Å². The van der Waals surface area contributed by atoms with Crippen molar-refractivity contribution in [3.63, 3.8) is 0 Å². The summed E-state index contributed by atoms with van der Waals surface area (Å²) in [6.07, 6.45) is 2.98. The van der Waals surface area contributed by atoms with Gasteiger partial charge in [-0.25, -0.2) is 8.78 Å². The van der Waals surface area contributed by atoms with Crippen LogP contribution in [0, 0.1) is 18.6 Å². The molecule has 1 aromatic rings. The van der Waals surface area contributed by atoms with Crippen LogP contribution in [0.5, 0.6) is 0 Å². The molecule has 0 saturated heterocycles. The van der Waals surface area contributed by atoms with Gasteiger partial charge in [0, 0.05) is 16.5 Å². The average molecular weight is 277 g/mol. The number of halogens is 3. The summed E-state index contributed by atoms with van der Waals surface area (Å²) < 4.78 is 26.5. The van der Waals surface area contributed by atoms with Crippen molar-refractivity contribution in [2.75, 3.05) is 0 Å². The van der Waals surface area contributed by atoms with Gasteiger partial charge in [-0.05, 0) is 25.0 Å². The first kappa shape index (κ1) is 12.6. The molecule has 1 unspecified atom stereocenters. The zero-order valence-electron chi connectivity index (χ0n) is 8.99. The van der Waals surface area contributed by atoms with Gasteiger partial charge < -0.3 is 0 Å². The van der Waals surface area contributed by atoms with Crippen LogP contribution in [0.25, 0.3) is 0 Å². The number of unbranched alkanes of at least 4 members (excludes halogenated alkanes) is 1. The molecule has 0 bridgehead atoms. The Hall–Kier alpha value is -0.440. The van der Waals surface area contributed by atoms with Crippen LogP contribution in [0.3, 0.4) is 0 Å². The molecule has 0 aliphatic heterocycles. The van der Waals surface area contributed by atoms with Crippen LogP contribution >= 0.6 is 15.9 Å². The van der Waals surface area contributed by atoms with Crippen LogP contribution in [0.1, 0.15) is 42.1 Å². The van der Waals surface area contributed by atoms with Crippen molar-refractivity contribution in [2.45, 2.75) is 37.9 Å². The highest BCUT2D eigenvalue weighted by Crippen LogP contribution is 2.31. The lowest BCUT2D eigenvalue weighted by molar-refractivity contribution is 0.561. The molecule has 0 spiro atoms. The van der Waals surface area contributed by atoms with Gasteiger partial charge in [0.25, 0.3) is 0 Å². The van der Waals surface area contributed by atoms with Gasteiger partial charge in [0.05, 0.1) is 0 Å². The summed E-state index contributed by atoms with van der Waals surface area (Å²) in [6.45, 7) is 3.74. The van der Waals surface area contributed by atoms with Gasteiger partial charge in [-0.1, -0.05) is 35.7 Å². The Balaban J connectivity index is 2.88. The highest BCUT2D eigenvalue weighted by Gasteiger charge is 2.14. The first-order valence-corrected chi connectivity index (χ1v) is 6.07. The Labute approximate surface area is 97.8 Å². The molecule has 0 amide bonds. The van der Waals surface area contributed by atoms with Gasteiger partial charge in [0.2, 0.25) is 0 Å². The van der Waals surface area contributed by atoms with Gasteiger partial charge in [-0.15, -0.1) is 0 Å². The Bertz CT molecular complexity index is 337. The lowest BCUT2D eigenvalue weighted by Crippen LogP contribution is -1.97. The molecular weight excluding hydrogens is 262 g/mol. The zero-order chi connectivity index (χ0) is 11.4. The van der Waals surface area contributed by atoms with Crippen molar-refractivity contribution in [1.29, 1.82) is 0 Å². The fourth-order valence-corrected chi connectivity index (χ4v) is 2.13. The Kier molecular flexibility index (Phi) is 4.71. The lowest BCUT2D eigenvalue weighted by Gasteiger charge is -2.11. The lowest BCUT2D eigenvalue weighted by atomic mass is 10.0. The Morgan fingerprint density at radius 1 is 1.27 bits per heavy atom. The van der Waals surface area contributed by atoms with E-state index in [1.54, 1.807) is 13.0 Å². The molecule has 0 aromatic heterocycles. The standard InChI is InChI=1S/C12H15BrF2/c1-3-4-5-10(13)9-6-8(2)11(14)7-12(9)15/h6-7,10H,3-5H2,1-2H3. The molecule has 0 fully saturated rings. The molecule has 84 valence electrons. The van der Waals surface area contributed by atoms with Crippen molar-refractivity contribution in [2.24, 2.45) is 0 Å². The quantitative estimate of drug-likeness (QED) is 0.687. The molecule has 1 aromatic carbocycles. The SMILES string of the molecule is CCCCC(Br)c1cc(C)c(F)cc1F. The van der Waals surface area contributed by atoms with Gasteiger partial charge in [-0.3, -0.25) is 0 Å². The van der Waals surface area contributed by atoms with Crippen LogP contribution in [-0.4, -0.2) is 0 Å². The first-order valence-electron chi connectivity index (χ1n) is 5.15. The van der Waals surface area contributed by atoms with E-state index in [2.05, 4.69) is 22.9 Å². The predicted molar refractivity (Wildman–Crippen MR) is 62.3 cm³/mol. The van der Waals surface area contributed by atoms with Crippen LogP contribution in [0.2, 0.25) is 0 Å². The van der Waals surface area contributed by atoms with Crippen molar-refractivity contribution in [3.05, 3.63) is 34.9 Å². The number of aryl methyl sites for hydroxylation is 1. The summed E-state index contributed by atoms with van der Waals surface area (Å²) in [5.74, 6) is -0.942. The second-order valence-corrected chi connectivity index (χ2v) is 4.84. The van der Waals surface area contributed by atoms with Gasteiger partial charge >= 0.3 is 0 Å². The van der Waals surface area contributed by atoms with E-state index in [4.69, 9.17) is 0 Å². The molecule has 0 aliphatic rings. The number of alkyl halides is 1. The number of rotatable bonds is 4. The normalized spacial score (nSPS) is 12.9. The number of hydrogen-bond donors (Lipinski definition) is 0. The molecule has 0 N–H and O–H groups in total. The summed E-state index contributed by atoms with van der Waals surface area (Å²) >= 11 is 3.43. The van der Waals surface area contributed by atoms with Crippen molar-refractivity contribution in [3.8, 4) is 0 Å². The summed E-state index contributed by atoms with van der Waals surface area (Å²) in [6, 6.07) is 2.55. The topological polar surface area (TPSA) is 0 Å². The van der Waals surface area contributed by atoms with Gasteiger partial charge in [0.15, 0.2) is 0 Å². The number of benzene rings is 1. The van der Waals surface area contributed by atoms with E-state index in [1.165, 1.54) is 0 Å². The highest BCUT2D eigenvalue weighted by molar-refractivity contribution is 9.09. The molecule has 1 atom stereocenters. The third-order valence-electron chi connectivity index (χ3n) is 2.43. The second-order valence-electron chi connectivity index (χ2n) is 3.73. The average Bonchev–Trinajstić information content (AvgIpc) is 2.20. The van der Waals surface area contributed by atoms with Crippen molar-refractivity contribution >= 4 is 15.9 Å². The molecule has 0 heterocycles. The maximum Gasteiger partial charge on any atom is 0.130 e. The predicted octanol–water partition coefficient (Wildman–Crippen LogP) is 4.90. The van der Waals surface area contributed by atoms with Crippen LogP contribution < -0.4 is 0 Å². The fraction of sp³-hybridized carbons (Fsp3) is 0.500. The molecular formula is C12H15BrF2. The van der Waals surface area contributed by atoms with Crippen LogP contribution in [-0.2, 0) is 0 Å². The van der Waals surface area contributed by atoms with E-state index in [0.717, 1.165) is 25.3 Å². The highest BCUT2D eigenvalue weighted by atomic mass is 79.9. The van der Waals surface area contributed by atoms with E-state index in [9.17, 15) is 8.78 Å². The largest absolute Gasteiger partial charge is 0.207 e. The van der Waals surface area contributed by atoms with E-state index >= 15 is 0 Å². The molecule has 15 heavy (non-hydrogen) atoms. The second kappa shape index (κ2) is 5.59. The Morgan fingerprint density at radius 3 is 2.53 bits per heavy atom. The minimum Gasteiger partial charge on any atom is -0.207 e. The minimum atomic E-state index is -0.480. The van der Waals surface area contributed by atoms with E-state index in [-0.39, 0.29) is 4.83 Å². The van der Waals surface area contributed by atoms with Crippen LogP contribution in [0.15, 0.2) is 12.1 Å². The maximum absolute atomic E-state index is 13.4. The van der Waals surface area contributed by atoms with E-state index < -0.39 is 11.6 Å². The molecule has 0 nitrogen and oxygen atoms in total. The van der Waals surface area contributed by atoms with Crippen LogP contribution in [0.4, 0.5) is 8.78 Å². The summed E-state index contributed by atoms with van der Waals surface area (Å²) in [5.41, 5.74) is 1.05. The summed E-state index contributed by atoms with van der Waals surface area (Å²) in [4.78, 5) is -0.0169. The first-order chi connectivity index (χ1) is 7.06. The summed E-state index contributed by atoms with van der Waals surface area (Å²) in [7, 11) is 0. The van der Waals surface area contributed by atoms with E-state index in [0.29, 0.717) is 11.1 Å². The number of hydrogen-bond acceptors (Lipinski definition) is 0. The third-order valence-corrected chi connectivity index (χ3v) is 3.38. The van der Waals surface area contributed by atoms with Crippen molar-refractivity contribution < 1.29 is 8.78 Å². The molecule has 0 aliphatic carbocycles. The van der Waals surface area contributed by atoms with E-state index in [1.807, 2.05) is 0 Å². The summed E-state index contributed by atoms with van der Waals surface area (Å²) in [5, 5.41) is 0. The molecule has 0 saturated carbocycles.